The molecular weight excluding hydrogens is 366 g/mol. The predicted molar refractivity (Wildman–Crippen MR) is 113 cm³/mol. The molecule has 1 saturated heterocycles. The number of allylic oxidation sites excluding steroid dienone is 1. The molecule has 1 aromatic carbocycles. The zero-order chi connectivity index (χ0) is 20.5. The van der Waals surface area contributed by atoms with Crippen molar-refractivity contribution in [2.45, 2.75) is 64.1 Å². The Kier molecular flexibility index (Phi) is 8.56. The van der Waals surface area contributed by atoms with Crippen molar-refractivity contribution < 1.29 is 19.4 Å². The van der Waals surface area contributed by atoms with Crippen LogP contribution in [0.2, 0.25) is 0 Å². The molecule has 1 amide bonds. The van der Waals surface area contributed by atoms with Crippen LogP contribution in [-0.2, 0) is 14.3 Å². The average Bonchev–Trinajstić information content (AvgIpc) is 2.72. The smallest absolute Gasteiger partial charge is 0.288 e. The van der Waals surface area contributed by atoms with Crippen LogP contribution in [0.25, 0.3) is 0 Å². The summed E-state index contributed by atoms with van der Waals surface area (Å²) in [6, 6.07) is 10.2. The van der Waals surface area contributed by atoms with Crippen molar-refractivity contribution in [3.8, 4) is 0 Å². The first-order valence-corrected chi connectivity index (χ1v) is 11.2. The molecule has 3 atom stereocenters. The maximum absolute atomic E-state index is 13.3. The van der Waals surface area contributed by atoms with Crippen LogP contribution in [0.15, 0.2) is 42.2 Å². The second kappa shape index (κ2) is 11.4. The van der Waals surface area contributed by atoms with Crippen LogP contribution in [0.4, 0.5) is 0 Å². The van der Waals surface area contributed by atoms with Gasteiger partial charge in [-0.2, -0.15) is 0 Å². The van der Waals surface area contributed by atoms with Crippen LogP contribution < -0.4 is 0 Å². The molecule has 0 unspecified atom stereocenters. The summed E-state index contributed by atoms with van der Waals surface area (Å²) in [5, 5.41) is 9.37. The summed E-state index contributed by atoms with van der Waals surface area (Å²) < 4.78 is 12.1. The fourth-order valence-electron chi connectivity index (χ4n) is 4.42. The van der Waals surface area contributed by atoms with E-state index >= 15 is 0 Å². The van der Waals surface area contributed by atoms with Crippen LogP contribution >= 0.6 is 0 Å². The van der Waals surface area contributed by atoms with Crippen molar-refractivity contribution in [1.82, 2.24) is 4.90 Å². The Bertz CT molecular complexity index is 652. The van der Waals surface area contributed by atoms with Gasteiger partial charge >= 0.3 is 0 Å². The van der Waals surface area contributed by atoms with E-state index in [0.29, 0.717) is 18.8 Å². The highest BCUT2D eigenvalue weighted by Gasteiger charge is 2.38. The lowest BCUT2D eigenvalue weighted by Crippen LogP contribution is -2.41. The Morgan fingerprint density at radius 3 is 2.48 bits per heavy atom. The number of amides is 1. The zero-order valence-electron chi connectivity index (χ0n) is 17.6. The second-order valence-electron chi connectivity index (χ2n) is 8.00. The number of rotatable bonds is 7. The van der Waals surface area contributed by atoms with Crippen molar-refractivity contribution in [1.29, 1.82) is 0 Å². The van der Waals surface area contributed by atoms with Crippen LogP contribution in [0.1, 0.15) is 63.4 Å². The zero-order valence-corrected chi connectivity index (χ0v) is 17.6. The van der Waals surface area contributed by atoms with Crippen molar-refractivity contribution in [2.75, 3.05) is 26.3 Å². The number of likely N-dealkylation sites (tertiary alicyclic amines) is 1. The lowest BCUT2D eigenvalue weighted by molar-refractivity contribution is -0.170. The molecule has 1 fully saturated rings. The summed E-state index contributed by atoms with van der Waals surface area (Å²) in [5.41, 5.74) is 1.15. The fraction of sp³-hybridized carbons (Fsp3) is 0.625. The molecule has 2 aliphatic rings. The minimum absolute atomic E-state index is 0.0156. The normalized spacial score (nSPS) is 25.5. The number of carbonyl (C=O) groups excluding carboxylic acids is 1. The summed E-state index contributed by atoms with van der Waals surface area (Å²) >= 11 is 0. The third kappa shape index (κ3) is 5.83. The Morgan fingerprint density at radius 1 is 1.14 bits per heavy atom. The number of benzene rings is 1. The standard InChI is InChI=1S/C24H35NO4/c1-2-28-24-20(14-11-17-26)21(19-12-7-6-8-13-19)18-22(29-24)23(27)25-15-9-4-3-5-10-16-25/h6-8,12-13,18,20-21,24,26H,2-5,9-11,14-17H2,1H3/t20-,21-,24-/m0/s1. The van der Waals surface area contributed by atoms with Gasteiger partial charge in [-0.1, -0.05) is 49.6 Å². The number of ether oxygens (including phenoxy) is 2. The van der Waals surface area contributed by atoms with Crippen molar-refractivity contribution in [3.05, 3.63) is 47.7 Å². The summed E-state index contributed by atoms with van der Waals surface area (Å²) in [5.74, 6) is 0.492. The molecule has 2 aliphatic heterocycles. The molecule has 1 N–H and O–H groups in total. The highest BCUT2D eigenvalue weighted by Crippen LogP contribution is 2.39. The van der Waals surface area contributed by atoms with Gasteiger partial charge in [-0.05, 0) is 44.2 Å². The van der Waals surface area contributed by atoms with E-state index in [9.17, 15) is 9.90 Å². The molecule has 0 aliphatic carbocycles. The Morgan fingerprint density at radius 2 is 1.83 bits per heavy atom. The van der Waals surface area contributed by atoms with Gasteiger partial charge in [0.15, 0.2) is 5.76 Å². The number of aliphatic hydroxyl groups is 1. The Labute approximate surface area is 174 Å². The van der Waals surface area contributed by atoms with E-state index in [2.05, 4.69) is 12.1 Å². The first-order chi connectivity index (χ1) is 14.2. The maximum atomic E-state index is 13.3. The van der Waals surface area contributed by atoms with Gasteiger partial charge in [0.2, 0.25) is 6.29 Å². The van der Waals surface area contributed by atoms with Gasteiger partial charge in [-0.15, -0.1) is 0 Å². The minimum atomic E-state index is -0.476. The van der Waals surface area contributed by atoms with Gasteiger partial charge in [0.1, 0.15) is 0 Å². The topological polar surface area (TPSA) is 59.0 Å². The summed E-state index contributed by atoms with van der Waals surface area (Å²) in [6.45, 7) is 4.20. The van der Waals surface area contributed by atoms with E-state index in [4.69, 9.17) is 9.47 Å². The molecule has 2 heterocycles. The monoisotopic (exact) mass is 401 g/mol. The van der Waals surface area contributed by atoms with Crippen LogP contribution in [0, 0.1) is 5.92 Å². The summed E-state index contributed by atoms with van der Waals surface area (Å²) in [6.07, 6.45) is 8.71. The third-order valence-corrected chi connectivity index (χ3v) is 5.95. The maximum Gasteiger partial charge on any atom is 0.288 e. The van der Waals surface area contributed by atoms with Crippen molar-refractivity contribution in [2.24, 2.45) is 5.92 Å². The summed E-state index contributed by atoms with van der Waals surface area (Å²) in [4.78, 5) is 15.3. The Balaban J connectivity index is 1.88. The van der Waals surface area contributed by atoms with E-state index in [1.165, 1.54) is 19.3 Å². The molecule has 0 saturated carbocycles. The molecule has 5 heteroatoms. The van der Waals surface area contributed by atoms with Crippen LogP contribution in [0.5, 0.6) is 0 Å². The Hall–Kier alpha value is -1.85. The fourth-order valence-corrected chi connectivity index (χ4v) is 4.42. The minimum Gasteiger partial charge on any atom is -0.459 e. The number of hydrogen-bond acceptors (Lipinski definition) is 4. The quantitative estimate of drug-likeness (QED) is 0.743. The van der Waals surface area contributed by atoms with E-state index in [-0.39, 0.29) is 24.3 Å². The third-order valence-electron chi connectivity index (χ3n) is 5.95. The first-order valence-electron chi connectivity index (χ1n) is 11.2. The lowest BCUT2D eigenvalue weighted by atomic mass is 9.80. The first kappa shape index (κ1) is 21.8. The van der Waals surface area contributed by atoms with E-state index in [1.54, 1.807) is 0 Å². The molecule has 0 radical (unpaired) electrons. The molecule has 1 aromatic rings. The number of nitrogens with zero attached hydrogens (tertiary/aromatic N) is 1. The average molecular weight is 402 g/mol. The molecular formula is C24H35NO4. The molecule has 3 rings (SSSR count). The van der Waals surface area contributed by atoms with Crippen LogP contribution in [-0.4, -0.2) is 48.5 Å². The van der Waals surface area contributed by atoms with Gasteiger partial charge in [0.25, 0.3) is 5.91 Å². The predicted octanol–water partition coefficient (Wildman–Crippen LogP) is 4.23. The van der Waals surface area contributed by atoms with Gasteiger partial charge in [-0.25, -0.2) is 0 Å². The molecule has 5 nitrogen and oxygen atoms in total. The number of carbonyl (C=O) groups is 1. The van der Waals surface area contributed by atoms with Gasteiger partial charge < -0.3 is 19.5 Å². The highest BCUT2D eigenvalue weighted by atomic mass is 16.7. The van der Waals surface area contributed by atoms with Gasteiger partial charge in [-0.3, -0.25) is 4.79 Å². The van der Waals surface area contributed by atoms with Gasteiger partial charge in [0.05, 0.1) is 0 Å². The molecule has 0 aromatic heterocycles. The molecule has 29 heavy (non-hydrogen) atoms. The lowest BCUT2D eigenvalue weighted by Gasteiger charge is -2.38. The second-order valence-corrected chi connectivity index (χ2v) is 8.00. The molecule has 160 valence electrons. The summed E-state index contributed by atoms with van der Waals surface area (Å²) in [7, 11) is 0. The SMILES string of the molecule is CCO[C@H]1OC(C(=O)N2CCCCCCC2)=C[C@@H](c2ccccc2)[C@@H]1CCCO. The molecule has 0 bridgehead atoms. The van der Waals surface area contributed by atoms with E-state index in [1.807, 2.05) is 36.1 Å². The van der Waals surface area contributed by atoms with Gasteiger partial charge in [0, 0.05) is 38.1 Å². The van der Waals surface area contributed by atoms with Crippen LogP contribution in [0.3, 0.4) is 0 Å². The molecule has 0 spiro atoms. The largest absolute Gasteiger partial charge is 0.459 e. The van der Waals surface area contributed by atoms with E-state index < -0.39 is 6.29 Å². The van der Waals surface area contributed by atoms with E-state index in [0.717, 1.165) is 37.9 Å². The number of aliphatic hydroxyl groups excluding tert-OH is 1. The number of hydrogen-bond donors (Lipinski definition) is 1. The van der Waals surface area contributed by atoms with Crippen molar-refractivity contribution >= 4 is 5.91 Å². The highest BCUT2D eigenvalue weighted by molar-refractivity contribution is 5.91. The van der Waals surface area contributed by atoms with Crippen molar-refractivity contribution in [3.63, 3.8) is 0 Å².